The Morgan fingerprint density at radius 1 is 1.00 bits per heavy atom. The summed E-state index contributed by atoms with van der Waals surface area (Å²) >= 11 is 13.1. The number of pyridine rings is 1. The second-order valence-electron chi connectivity index (χ2n) is 8.15. The summed E-state index contributed by atoms with van der Waals surface area (Å²) in [6.07, 6.45) is 5.17. The number of benzene rings is 2. The molecule has 0 radical (unpaired) electrons. The van der Waals surface area contributed by atoms with Gasteiger partial charge in [0.1, 0.15) is 23.6 Å². The van der Waals surface area contributed by atoms with Gasteiger partial charge in [-0.1, -0.05) is 47.5 Å². The number of hydrogen-bond acceptors (Lipinski definition) is 7. The van der Waals surface area contributed by atoms with Gasteiger partial charge >= 0.3 is 0 Å². The van der Waals surface area contributed by atoms with Gasteiger partial charge in [0, 0.05) is 42.2 Å². The first-order valence-electron chi connectivity index (χ1n) is 11.3. The van der Waals surface area contributed by atoms with Gasteiger partial charge in [0.05, 0.1) is 42.9 Å². The minimum Gasteiger partial charge on any atom is -0.495 e. The lowest BCUT2D eigenvalue weighted by molar-refractivity contribution is -0.118. The zero-order valence-electron chi connectivity index (χ0n) is 20.3. The highest BCUT2D eigenvalue weighted by Crippen LogP contribution is 2.41. The van der Waals surface area contributed by atoms with E-state index in [-0.39, 0.29) is 28.9 Å². The molecule has 4 aromatic rings. The van der Waals surface area contributed by atoms with Crippen LogP contribution in [-0.4, -0.2) is 35.1 Å². The number of nitrogen functional groups attached to an aromatic ring is 1. The van der Waals surface area contributed by atoms with Crippen molar-refractivity contribution in [2.24, 2.45) is 0 Å². The molecule has 2 heterocycles. The highest BCUT2D eigenvalue weighted by molar-refractivity contribution is 6.38. The van der Waals surface area contributed by atoms with Gasteiger partial charge in [-0.2, -0.15) is 0 Å². The van der Waals surface area contributed by atoms with Crippen LogP contribution in [0, 0.1) is 0 Å². The first-order valence-corrected chi connectivity index (χ1v) is 12.1. The number of ether oxygens (including phenoxy) is 2. The molecule has 0 saturated carbocycles. The third-order valence-electron chi connectivity index (χ3n) is 5.77. The minimum atomic E-state index is -0.285. The molecule has 0 saturated heterocycles. The summed E-state index contributed by atoms with van der Waals surface area (Å²) in [7, 11) is 2.97. The monoisotopic (exact) mass is 537 g/mol. The number of para-hydroxylation sites is 1. The normalized spacial score (nSPS) is 10.7. The van der Waals surface area contributed by atoms with Gasteiger partial charge in [-0.25, -0.2) is 9.97 Å². The van der Waals surface area contributed by atoms with Crippen LogP contribution < -0.4 is 20.1 Å². The first kappa shape index (κ1) is 26.2. The van der Waals surface area contributed by atoms with E-state index < -0.39 is 0 Å². The Balaban J connectivity index is 1.70. The molecule has 37 heavy (non-hydrogen) atoms. The molecule has 10 heteroatoms. The van der Waals surface area contributed by atoms with Crippen LogP contribution >= 0.6 is 23.2 Å². The van der Waals surface area contributed by atoms with Gasteiger partial charge in [-0.3, -0.25) is 14.7 Å². The SMILES string of the molecule is COc1cc(OC)c(Cl)c(CC(=O)N(Cc2cccnc2)c2cc(Cc3ccccc3N)ncn2)c1Cl. The van der Waals surface area contributed by atoms with Gasteiger partial charge in [0.15, 0.2) is 0 Å². The fourth-order valence-electron chi connectivity index (χ4n) is 3.83. The molecule has 0 aliphatic rings. The van der Waals surface area contributed by atoms with Gasteiger partial charge in [0.25, 0.3) is 0 Å². The second kappa shape index (κ2) is 11.9. The highest BCUT2D eigenvalue weighted by Gasteiger charge is 2.24. The van der Waals surface area contributed by atoms with E-state index in [0.717, 1.165) is 11.1 Å². The number of aromatic nitrogens is 3. The standard InChI is InChI=1S/C27H25Cl2N5O3/c1-36-22-13-23(37-2)27(29)20(26(22)28)12-25(35)34(15-17-6-5-9-31-14-17)24-11-19(32-16-33-24)10-18-7-3-4-8-21(18)30/h3-9,11,13-14,16H,10,12,15,30H2,1-2H3. The molecule has 2 N–H and O–H groups in total. The lowest BCUT2D eigenvalue weighted by Gasteiger charge is -2.23. The van der Waals surface area contributed by atoms with E-state index in [1.807, 2.05) is 36.4 Å². The smallest absolute Gasteiger partial charge is 0.232 e. The van der Waals surface area contributed by atoms with Gasteiger partial charge in [-0.05, 0) is 23.3 Å². The predicted molar refractivity (Wildman–Crippen MR) is 144 cm³/mol. The summed E-state index contributed by atoms with van der Waals surface area (Å²) in [5.74, 6) is 0.853. The van der Waals surface area contributed by atoms with Crippen LogP contribution in [0.25, 0.3) is 0 Å². The number of rotatable bonds is 9. The lowest BCUT2D eigenvalue weighted by Crippen LogP contribution is -2.33. The van der Waals surface area contributed by atoms with E-state index in [9.17, 15) is 4.79 Å². The fraction of sp³-hybridized carbons (Fsp3) is 0.185. The Kier molecular flexibility index (Phi) is 8.43. The van der Waals surface area contributed by atoms with Crippen molar-refractivity contribution in [1.82, 2.24) is 15.0 Å². The summed E-state index contributed by atoms with van der Waals surface area (Å²) < 4.78 is 10.7. The number of methoxy groups -OCH3 is 2. The van der Waals surface area contributed by atoms with Gasteiger partial charge in [0.2, 0.25) is 5.91 Å². The molecule has 0 aliphatic heterocycles. The Morgan fingerprint density at radius 3 is 2.38 bits per heavy atom. The van der Waals surface area contributed by atoms with E-state index in [2.05, 4.69) is 15.0 Å². The molecule has 0 unspecified atom stereocenters. The largest absolute Gasteiger partial charge is 0.495 e. The zero-order chi connectivity index (χ0) is 26.4. The van der Waals surface area contributed by atoms with Crippen LogP contribution in [0.3, 0.4) is 0 Å². The van der Waals surface area contributed by atoms with Crippen LogP contribution in [0.2, 0.25) is 10.0 Å². The molecule has 0 aliphatic carbocycles. The van der Waals surface area contributed by atoms with E-state index in [1.54, 1.807) is 29.4 Å². The average Bonchev–Trinajstić information content (AvgIpc) is 2.92. The van der Waals surface area contributed by atoms with E-state index in [4.69, 9.17) is 38.4 Å². The molecule has 190 valence electrons. The maximum atomic E-state index is 13.8. The molecule has 8 nitrogen and oxygen atoms in total. The average molecular weight is 538 g/mol. The third kappa shape index (κ3) is 6.10. The molecule has 0 atom stereocenters. The maximum absolute atomic E-state index is 13.8. The molecule has 1 amide bonds. The Bertz CT molecular complexity index is 1370. The molecule has 2 aromatic heterocycles. The zero-order valence-corrected chi connectivity index (χ0v) is 21.8. The Labute approximate surface area is 225 Å². The van der Waals surface area contributed by atoms with Crippen LogP contribution in [0.1, 0.15) is 22.4 Å². The van der Waals surface area contributed by atoms with Gasteiger partial charge < -0.3 is 15.2 Å². The van der Waals surface area contributed by atoms with Crippen molar-refractivity contribution in [3.63, 3.8) is 0 Å². The van der Waals surface area contributed by atoms with Crippen molar-refractivity contribution in [3.8, 4) is 11.5 Å². The van der Waals surface area contributed by atoms with Crippen LogP contribution in [0.4, 0.5) is 11.5 Å². The number of carbonyl (C=O) groups is 1. The predicted octanol–water partition coefficient (Wildman–Crippen LogP) is 5.14. The number of halogens is 2. The summed E-state index contributed by atoms with van der Waals surface area (Å²) in [6, 6.07) is 14.6. The quantitative estimate of drug-likeness (QED) is 0.294. The number of hydrogen-bond donors (Lipinski definition) is 1. The van der Waals surface area contributed by atoms with E-state index in [0.29, 0.717) is 40.7 Å². The summed E-state index contributed by atoms with van der Waals surface area (Å²) in [6.45, 7) is 0.229. The molecular weight excluding hydrogens is 513 g/mol. The van der Waals surface area contributed by atoms with Crippen LogP contribution in [0.5, 0.6) is 11.5 Å². The Hall–Kier alpha value is -3.88. The van der Waals surface area contributed by atoms with Crippen molar-refractivity contribution in [3.05, 3.63) is 99.7 Å². The molecule has 2 aromatic carbocycles. The van der Waals surface area contributed by atoms with Crippen molar-refractivity contribution < 1.29 is 14.3 Å². The molecule has 0 fully saturated rings. The van der Waals surface area contributed by atoms with Crippen molar-refractivity contribution in [1.29, 1.82) is 0 Å². The molecule has 0 bridgehead atoms. The van der Waals surface area contributed by atoms with Crippen molar-refractivity contribution in [2.75, 3.05) is 24.9 Å². The number of nitrogens with zero attached hydrogens (tertiary/aromatic N) is 4. The van der Waals surface area contributed by atoms with Crippen molar-refractivity contribution in [2.45, 2.75) is 19.4 Å². The maximum Gasteiger partial charge on any atom is 0.232 e. The van der Waals surface area contributed by atoms with E-state index >= 15 is 0 Å². The fourth-order valence-corrected chi connectivity index (χ4v) is 4.46. The van der Waals surface area contributed by atoms with E-state index in [1.165, 1.54) is 20.5 Å². The molecule has 0 spiro atoms. The Morgan fingerprint density at radius 2 is 1.73 bits per heavy atom. The van der Waals surface area contributed by atoms with Gasteiger partial charge in [-0.15, -0.1) is 0 Å². The summed E-state index contributed by atoms with van der Waals surface area (Å²) in [5.41, 5.74) is 9.65. The van der Waals surface area contributed by atoms with Crippen molar-refractivity contribution >= 4 is 40.6 Å². The number of amides is 1. The minimum absolute atomic E-state index is 0.115. The lowest BCUT2D eigenvalue weighted by atomic mass is 10.1. The van der Waals surface area contributed by atoms with Crippen LogP contribution in [0.15, 0.2) is 67.3 Å². The summed E-state index contributed by atoms with van der Waals surface area (Å²) in [5, 5.41) is 0.483. The number of anilines is 2. The number of nitrogens with two attached hydrogens (primary N) is 1. The molecule has 4 rings (SSSR count). The second-order valence-corrected chi connectivity index (χ2v) is 8.90. The molecular formula is C27H25Cl2N5O3. The summed E-state index contributed by atoms with van der Waals surface area (Å²) in [4.78, 5) is 28.3. The van der Waals surface area contributed by atoms with Crippen LogP contribution in [-0.2, 0) is 24.2 Å². The topological polar surface area (TPSA) is 103 Å². The number of carbonyl (C=O) groups excluding carboxylic acids is 1. The third-order valence-corrected chi connectivity index (χ3v) is 6.60. The highest BCUT2D eigenvalue weighted by atomic mass is 35.5. The first-order chi connectivity index (χ1) is 17.9.